The molecule has 1 aliphatic rings. The Kier molecular flexibility index (Phi) is 4.01. The molecule has 1 amide bonds. The molecule has 20 heavy (non-hydrogen) atoms. The number of fused-ring (bicyclic) bond motifs is 1. The van der Waals surface area contributed by atoms with Crippen LogP contribution in [0.15, 0.2) is 36.5 Å². The molecule has 0 saturated carbocycles. The number of halogens is 1. The van der Waals surface area contributed by atoms with Gasteiger partial charge in [0, 0.05) is 30.0 Å². The Bertz CT molecular complexity index is 623. The summed E-state index contributed by atoms with van der Waals surface area (Å²) in [6.07, 6.45) is 3.99. The van der Waals surface area contributed by atoms with E-state index in [9.17, 15) is 4.79 Å². The number of para-hydroxylation sites is 1. The molecule has 4 heteroatoms. The SMILES string of the molecule is O=C(c1cccc2cccnc12)N1CCC(CCBr)C1. The number of alkyl halides is 1. The van der Waals surface area contributed by atoms with Gasteiger partial charge in [-0.2, -0.15) is 0 Å². The maximum absolute atomic E-state index is 12.7. The normalized spacial score (nSPS) is 18.6. The lowest BCUT2D eigenvalue weighted by molar-refractivity contribution is 0.0788. The highest BCUT2D eigenvalue weighted by molar-refractivity contribution is 9.09. The van der Waals surface area contributed by atoms with Crippen molar-refractivity contribution in [3.63, 3.8) is 0 Å². The molecule has 1 unspecified atom stereocenters. The highest BCUT2D eigenvalue weighted by Gasteiger charge is 2.27. The number of hydrogen-bond donors (Lipinski definition) is 0. The fourth-order valence-corrected chi connectivity index (χ4v) is 3.50. The van der Waals surface area contributed by atoms with E-state index >= 15 is 0 Å². The third-order valence-electron chi connectivity index (χ3n) is 3.95. The molecule has 3 rings (SSSR count). The summed E-state index contributed by atoms with van der Waals surface area (Å²) in [6, 6.07) is 9.71. The van der Waals surface area contributed by atoms with Crippen molar-refractivity contribution in [2.75, 3.05) is 18.4 Å². The smallest absolute Gasteiger partial charge is 0.256 e. The summed E-state index contributed by atoms with van der Waals surface area (Å²) in [5.41, 5.74) is 1.53. The van der Waals surface area contributed by atoms with Crippen molar-refractivity contribution in [2.24, 2.45) is 5.92 Å². The van der Waals surface area contributed by atoms with Crippen LogP contribution in [0.1, 0.15) is 23.2 Å². The molecule has 0 radical (unpaired) electrons. The summed E-state index contributed by atoms with van der Waals surface area (Å²) in [5, 5.41) is 2.03. The summed E-state index contributed by atoms with van der Waals surface area (Å²) in [4.78, 5) is 19.0. The molecule has 3 nitrogen and oxygen atoms in total. The Morgan fingerprint density at radius 2 is 2.20 bits per heavy atom. The van der Waals surface area contributed by atoms with Gasteiger partial charge in [-0.1, -0.05) is 34.1 Å². The third-order valence-corrected chi connectivity index (χ3v) is 4.41. The number of rotatable bonds is 3. The van der Waals surface area contributed by atoms with Gasteiger partial charge in [0.05, 0.1) is 11.1 Å². The lowest BCUT2D eigenvalue weighted by Gasteiger charge is -2.17. The molecule has 1 aromatic carbocycles. The van der Waals surface area contributed by atoms with E-state index in [-0.39, 0.29) is 5.91 Å². The van der Waals surface area contributed by atoms with Crippen molar-refractivity contribution in [3.8, 4) is 0 Å². The maximum Gasteiger partial charge on any atom is 0.256 e. The average molecular weight is 333 g/mol. The van der Waals surface area contributed by atoms with Crippen LogP contribution in [0.25, 0.3) is 10.9 Å². The van der Waals surface area contributed by atoms with E-state index in [1.807, 2.05) is 35.2 Å². The van der Waals surface area contributed by atoms with E-state index in [0.717, 1.165) is 47.7 Å². The number of aromatic nitrogens is 1. The zero-order valence-corrected chi connectivity index (χ0v) is 12.8. The summed E-state index contributed by atoms with van der Waals surface area (Å²) in [7, 11) is 0. The number of carbonyl (C=O) groups excluding carboxylic acids is 1. The molecule has 104 valence electrons. The molecule has 1 aromatic heterocycles. The summed E-state index contributed by atoms with van der Waals surface area (Å²) >= 11 is 3.48. The summed E-state index contributed by atoms with van der Waals surface area (Å²) in [6.45, 7) is 1.73. The molecule has 1 saturated heterocycles. The van der Waals surface area contributed by atoms with E-state index in [2.05, 4.69) is 20.9 Å². The first-order chi connectivity index (χ1) is 9.79. The van der Waals surface area contributed by atoms with Crippen LogP contribution in [0.3, 0.4) is 0 Å². The molecule has 0 aliphatic carbocycles. The number of benzene rings is 1. The Morgan fingerprint density at radius 3 is 3.05 bits per heavy atom. The summed E-state index contributed by atoms with van der Waals surface area (Å²) in [5.74, 6) is 0.743. The minimum Gasteiger partial charge on any atom is -0.338 e. The Balaban J connectivity index is 1.86. The van der Waals surface area contributed by atoms with Crippen LogP contribution in [0.4, 0.5) is 0 Å². The quantitative estimate of drug-likeness (QED) is 0.806. The van der Waals surface area contributed by atoms with E-state index in [0.29, 0.717) is 5.92 Å². The fraction of sp³-hybridized carbons (Fsp3) is 0.375. The number of nitrogens with zero attached hydrogens (tertiary/aromatic N) is 2. The van der Waals surface area contributed by atoms with Crippen molar-refractivity contribution < 1.29 is 4.79 Å². The van der Waals surface area contributed by atoms with E-state index in [1.54, 1.807) is 6.20 Å². The van der Waals surface area contributed by atoms with Gasteiger partial charge in [-0.15, -0.1) is 0 Å². The van der Waals surface area contributed by atoms with Crippen molar-refractivity contribution >= 4 is 32.7 Å². The van der Waals surface area contributed by atoms with Crippen molar-refractivity contribution in [2.45, 2.75) is 12.8 Å². The van der Waals surface area contributed by atoms with E-state index in [1.165, 1.54) is 0 Å². The molecule has 2 heterocycles. The summed E-state index contributed by atoms with van der Waals surface area (Å²) < 4.78 is 0. The van der Waals surface area contributed by atoms with Crippen LogP contribution in [-0.2, 0) is 0 Å². The first-order valence-corrected chi connectivity index (χ1v) is 8.10. The first-order valence-electron chi connectivity index (χ1n) is 6.98. The second-order valence-corrected chi connectivity index (χ2v) is 6.06. The molecular formula is C16H17BrN2O. The number of hydrogen-bond acceptors (Lipinski definition) is 2. The van der Waals surface area contributed by atoms with Gasteiger partial charge >= 0.3 is 0 Å². The number of likely N-dealkylation sites (tertiary alicyclic amines) is 1. The van der Waals surface area contributed by atoms with Crippen LogP contribution < -0.4 is 0 Å². The van der Waals surface area contributed by atoms with Gasteiger partial charge in [0.2, 0.25) is 0 Å². The number of pyridine rings is 1. The molecule has 0 bridgehead atoms. The zero-order valence-electron chi connectivity index (χ0n) is 11.3. The molecule has 1 fully saturated rings. The topological polar surface area (TPSA) is 33.2 Å². The van der Waals surface area contributed by atoms with Gasteiger partial charge in [0.25, 0.3) is 5.91 Å². The number of amides is 1. The molecular weight excluding hydrogens is 316 g/mol. The Hall–Kier alpha value is -1.42. The Labute approximate surface area is 127 Å². The number of carbonyl (C=O) groups is 1. The first kappa shape index (κ1) is 13.6. The molecule has 2 aromatic rings. The molecule has 0 spiro atoms. The van der Waals surface area contributed by atoms with Gasteiger partial charge in [-0.25, -0.2) is 0 Å². The maximum atomic E-state index is 12.7. The fourth-order valence-electron chi connectivity index (χ4n) is 2.85. The molecule has 1 aliphatic heterocycles. The van der Waals surface area contributed by atoms with Crippen LogP contribution in [0, 0.1) is 5.92 Å². The Morgan fingerprint density at radius 1 is 1.35 bits per heavy atom. The lowest BCUT2D eigenvalue weighted by atomic mass is 10.1. The second-order valence-electron chi connectivity index (χ2n) is 5.26. The van der Waals surface area contributed by atoms with Gasteiger partial charge in [-0.3, -0.25) is 9.78 Å². The van der Waals surface area contributed by atoms with Crippen molar-refractivity contribution in [1.82, 2.24) is 9.88 Å². The van der Waals surface area contributed by atoms with Crippen LogP contribution in [-0.4, -0.2) is 34.2 Å². The van der Waals surface area contributed by atoms with Gasteiger partial charge in [-0.05, 0) is 30.9 Å². The van der Waals surface area contributed by atoms with E-state index < -0.39 is 0 Å². The van der Waals surface area contributed by atoms with E-state index in [4.69, 9.17) is 0 Å². The molecule has 0 N–H and O–H groups in total. The lowest BCUT2D eigenvalue weighted by Crippen LogP contribution is -2.29. The average Bonchev–Trinajstić information content (AvgIpc) is 2.95. The minimum absolute atomic E-state index is 0.117. The van der Waals surface area contributed by atoms with Crippen molar-refractivity contribution in [1.29, 1.82) is 0 Å². The standard InChI is InChI=1S/C16H17BrN2O/c17-8-6-12-7-10-19(11-12)16(20)14-5-1-3-13-4-2-9-18-15(13)14/h1-5,9,12H,6-8,10-11H2. The van der Waals surface area contributed by atoms with Gasteiger partial charge < -0.3 is 4.90 Å². The zero-order chi connectivity index (χ0) is 13.9. The van der Waals surface area contributed by atoms with Crippen LogP contribution >= 0.6 is 15.9 Å². The minimum atomic E-state index is 0.117. The van der Waals surface area contributed by atoms with Gasteiger partial charge in [0.15, 0.2) is 0 Å². The van der Waals surface area contributed by atoms with Crippen LogP contribution in [0.2, 0.25) is 0 Å². The predicted octanol–water partition coefficient (Wildman–Crippen LogP) is 3.48. The largest absolute Gasteiger partial charge is 0.338 e. The monoisotopic (exact) mass is 332 g/mol. The molecule has 1 atom stereocenters. The predicted molar refractivity (Wildman–Crippen MR) is 84.2 cm³/mol. The highest BCUT2D eigenvalue weighted by Crippen LogP contribution is 2.24. The van der Waals surface area contributed by atoms with Crippen LogP contribution in [0.5, 0.6) is 0 Å². The van der Waals surface area contributed by atoms with Gasteiger partial charge in [0.1, 0.15) is 0 Å². The second kappa shape index (κ2) is 5.92. The highest BCUT2D eigenvalue weighted by atomic mass is 79.9. The van der Waals surface area contributed by atoms with Crippen molar-refractivity contribution in [3.05, 3.63) is 42.1 Å². The third kappa shape index (κ3) is 2.57.